The molecule has 4 heteroatoms. The van der Waals surface area contributed by atoms with Crippen molar-refractivity contribution in [2.24, 2.45) is 0 Å². The van der Waals surface area contributed by atoms with Gasteiger partial charge in [0.2, 0.25) is 0 Å². The van der Waals surface area contributed by atoms with Crippen molar-refractivity contribution in [2.45, 2.75) is 20.3 Å². The monoisotopic (exact) mass is 261 g/mol. The lowest BCUT2D eigenvalue weighted by Crippen LogP contribution is -2.03. The summed E-state index contributed by atoms with van der Waals surface area (Å²) in [4.78, 5) is 16.7. The maximum atomic E-state index is 11.5. The van der Waals surface area contributed by atoms with Gasteiger partial charge in [-0.05, 0) is 19.4 Å². The number of carbonyl (C=O) groups is 1. The summed E-state index contributed by atoms with van der Waals surface area (Å²) in [7, 11) is 1.38. The molecule has 0 atom stereocenters. The third-order valence-corrected chi connectivity index (χ3v) is 3.67. The van der Waals surface area contributed by atoms with Crippen molar-refractivity contribution >= 4 is 17.3 Å². The van der Waals surface area contributed by atoms with Crippen LogP contribution < -0.4 is 0 Å². The molecule has 0 radical (unpaired) electrons. The third kappa shape index (κ3) is 2.76. The maximum absolute atomic E-state index is 11.5. The van der Waals surface area contributed by atoms with Gasteiger partial charge in [0.15, 0.2) is 5.69 Å². The summed E-state index contributed by atoms with van der Waals surface area (Å²) in [5.41, 5.74) is 2.87. The number of hydrogen-bond acceptors (Lipinski definition) is 4. The van der Waals surface area contributed by atoms with Gasteiger partial charge >= 0.3 is 5.97 Å². The number of methoxy groups -OCH3 is 1. The number of thiazole rings is 1. The molecule has 0 unspecified atom stereocenters. The predicted octanol–water partition coefficient (Wildman–Crippen LogP) is 3.14. The Balaban J connectivity index is 2.20. The third-order valence-electron chi connectivity index (χ3n) is 2.70. The lowest BCUT2D eigenvalue weighted by atomic mass is 10.1. The van der Waals surface area contributed by atoms with E-state index in [9.17, 15) is 4.79 Å². The molecule has 0 amide bonds. The van der Waals surface area contributed by atoms with Crippen LogP contribution in [0.15, 0.2) is 24.3 Å². The predicted molar refractivity (Wildman–Crippen MR) is 72.2 cm³/mol. The van der Waals surface area contributed by atoms with Gasteiger partial charge in [-0.25, -0.2) is 9.78 Å². The molecular formula is C14H15NO2S. The minimum Gasteiger partial charge on any atom is -0.464 e. The van der Waals surface area contributed by atoms with Crippen molar-refractivity contribution in [1.82, 2.24) is 4.98 Å². The Morgan fingerprint density at radius 2 is 1.94 bits per heavy atom. The van der Waals surface area contributed by atoms with Crippen molar-refractivity contribution < 1.29 is 9.53 Å². The first kappa shape index (κ1) is 12.8. The Kier molecular flexibility index (Phi) is 3.77. The quantitative estimate of drug-likeness (QED) is 0.797. The fraction of sp³-hybridized carbons (Fsp3) is 0.286. The molecular weight excluding hydrogens is 246 g/mol. The molecule has 18 heavy (non-hydrogen) atoms. The molecule has 2 rings (SSSR count). The first-order valence-electron chi connectivity index (χ1n) is 5.70. The number of hydrogen-bond donors (Lipinski definition) is 0. The first-order valence-corrected chi connectivity index (χ1v) is 6.52. The second-order valence-corrected chi connectivity index (χ2v) is 5.45. The molecule has 1 aromatic carbocycles. The van der Waals surface area contributed by atoms with Crippen LogP contribution in [0.4, 0.5) is 0 Å². The van der Waals surface area contributed by atoms with E-state index in [1.165, 1.54) is 18.2 Å². The Morgan fingerprint density at radius 3 is 2.56 bits per heavy atom. The summed E-state index contributed by atoms with van der Waals surface area (Å²) in [5.74, 6) is -0.362. The van der Waals surface area contributed by atoms with Gasteiger partial charge in [-0.15, -0.1) is 11.3 Å². The van der Waals surface area contributed by atoms with E-state index in [0.717, 1.165) is 16.3 Å². The van der Waals surface area contributed by atoms with Gasteiger partial charge < -0.3 is 4.74 Å². The Hall–Kier alpha value is -1.68. The summed E-state index contributed by atoms with van der Waals surface area (Å²) in [6, 6.07) is 8.34. The molecule has 1 aromatic heterocycles. The van der Waals surface area contributed by atoms with E-state index in [1.54, 1.807) is 11.3 Å². The first-order chi connectivity index (χ1) is 8.60. The minimum absolute atomic E-state index is 0.362. The van der Waals surface area contributed by atoms with Gasteiger partial charge in [-0.1, -0.05) is 29.8 Å². The van der Waals surface area contributed by atoms with Gasteiger partial charge in [0.1, 0.15) is 0 Å². The van der Waals surface area contributed by atoms with Crippen molar-refractivity contribution in [3.8, 4) is 0 Å². The normalized spacial score (nSPS) is 10.4. The van der Waals surface area contributed by atoms with Crippen LogP contribution in [0.2, 0.25) is 0 Å². The number of carbonyl (C=O) groups excluding carboxylic acids is 1. The number of rotatable bonds is 3. The molecule has 1 heterocycles. The summed E-state index contributed by atoms with van der Waals surface area (Å²) >= 11 is 1.55. The summed E-state index contributed by atoms with van der Waals surface area (Å²) < 4.78 is 4.70. The Labute approximate surface area is 110 Å². The summed E-state index contributed by atoms with van der Waals surface area (Å²) in [5, 5.41) is 0.941. The van der Waals surface area contributed by atoms with Crippen LogP contribution in [0, 0.1) is 13.8 Å². The van der Waals surface area contributed by atoms with E-state index >= 15 is 0 Å². The molecule has 0 aliphatic carbocycles. The van der Waals surface area contributed by atoms with Crippen molar-refractivity contribution in [1.29, 1.82) is 0 Å². The maximum Gasteiger partial charge on any atom is 0.357 e. The molecule has 0 aliphatic heterocycles. The highest BCUT2D eigenvalue weighted by molar-refractivity contribution is 7.11. The molecule has 0 saturated heterocycles. The lowest BCUT2D eigenvalue weighted by Gasteiger charge is -1.98. The van der Waals surface area contributed by atoms with Crippen LogP contribution in [0.1, 0.15) is 31.5 Å². The number of aryl methyl sites for hydroxylation is 2. The highest BCUT2D eigenvalue weighted by atomic mass is 32.1. The van der Waals surface area contributed by atoms with Crippen LogP contribution >= 0.6 is 11.3 Å². The van der Waals surface area contributed by atoms with E-state index < -0.39 is 0 Å². The molecule has 0 bridgehead atoms. The second-order valence-electron chi connectivity index (χ2n) is 4.17. The standard InChI is InChI=1S/C14H15NO2S/c1-9-4-6-11(7-5-9)8-12-15-13(10(2)18-12)14(16)17-3/h4-7H,8H2,1-3H3. The molecule has 2 aromatic rings. The molecule has 94 valence electrons. The van der Waals surface area contributed by atoms with E-state index in [1.807, 2.05) is 6.92 Å². The average Bonchev–Trinajstić information content (AvgIpc) is 2.72. The summed E-state index contributed by atoms with van der Waals surface area (Å²) in [6.45, 7) is 3.95. The molecule has 0 spiro atoms. The Bertz CT molecular complexity index is 558. The van der Waals surface area contributed by atoms with E-state index in [-0.39, 0.29) is 5.97 Å². The average molecular weight is 261 g/mol. The van der Waals surface area contributed by atoms with E-state index in [4.69, 9.17) is 4.74 Å². The van der Waals surface area contributed by atoms with Gasteiger partial charge in [-0.3, -0.25) is 0 Å². The van der Waals surface area contributed by atoms with Crippen LogP contribution in [0.3, 0.4) is 0 Å². The van der Waals surface area contributed by atoms with Gasteiger partial charge in [0.25, 0.3) is 0 Å². The highest BCUT2D eigenvalue weighted by Gasteiger charge is 2.15. The van der Waals surface area contributed by atoms with E-state index in [2.05, 4.69) is 36.2 Å². The second kappa shape index (κ2) is 5.31. The van der Waals surface area contributed by atoms with Crippen molar-refractivity contribution in [3.63, 3.8) is 0 Å². The number of ether oxygens (including phenoxy) is 1. The largest absolute Gasteiger partial charge is 0.464 e. The topological polar surface area (TPSA) is 39.2 Å². The SMILES string of the molecule is COC(=O)c1nc(Cc2ccc(C)cc2)sc1C. The molecule has 0 fully saturated rings. The van der Waals surface area contributed by atoms with Gasteiger partial charge in [0.05, 0.1) is 12.1 Å². The van der Waals surface area contributed by atoms with E-state index in [0.29, 0.717) is 5.69 Å². The van der Waals surface area contributed by atoms with Crippen molar-refractivity contribution in [3.05, 3.63) is 51.0 Å². The van der Waals surface area contributed by atoms with Crippen LogP contribution in [-0.2, 0) is 11.2 Å². The molecule has 3 nitrogen and oxygen atoms in total. The van der Waals surface area contributed by atoms with Crippen molar-refractivity contribution in [2.75, 3.05) is 7.11 Å². The summed E-state index contributed by atoms with van der Waals surface area (Å²) in [6.07, 6.45) is 0.753. The fourth-order valence-electron chi connectivity index (χ4n) is 1.69. The highest BCUT2D eigenvalue weighted by Crippen LogP contribution is 2.21. The minimum atomic E-state index is -0.362. The van der Waals surface area contributed by atoms with Crippen LogP contribution in [-0.4, -0.2) is 18.1 Å². The number of nitrogens with zero attached hydrogens (tertiary/aromatic N) is 1. The molecule has 0 saturated carbocycles. The number of esters is 1. The van der Waals surface area contributed by atoms with Gasteiger partial charge in [0, 0.05) is 11.3 Å². The number of aromatic nitrogens is 1. The zero-order valence-electron chi connectivity index (χ0n) is 10.7. The number of benzene rings is 1. The smallest absolute Gasteiger partial charge is 0.357 e. The van der Waals surface area contributed by atoms with Crippen LogP contribution in [0.5, 0.6) is 0 Å². The molecule has 0 N–H and O–H groups in total. The molecule has 0 aliphatic rings. The Morgan fingerprint density at radius 1 is 1.28 bits per heavy atom. The zero-order chi connectivity index (χ0) is 13.1. The van der Waals surface area contributed by atoms with Gasteiger partial charge in [-0.2, -0.15) is 0 Å². The fourth-order valence-corrected chi connectivity index (χ4v) is 2.65. The zero-order valence-corrected chi connectivity index (χ0v) is 11.5. The lowest BCUT2D eigenvalue weighted by molar-refractivity contribution is 0.0594. The van der Waals surface area contributed by atoms with Crippen LogP contribution in [0.25, 0.3) is 0 Å².